The SMILES string of the molecule is COC[C@@H](C)NC(N)=NC[C@H]1CCN(c2ccccc2OC)C1. The minimum absolute atomic E-state index is 0.164. The van der Waals surface area contributed by atoms with Crippen LogP contribution in [-0.2, 0) is 4.74 Å². The van der Waals surface area contributed by atoms with Gasteiger partial charge in [-0.15, -0.1) is 0 Å². The van der Waals surface area contributed by atoms with Crippen molar-refractivity contribution in [3.8, 4) is 5.75 Å². The predicted molar refractivity (Wildman–Crippen MR) is 94.3 cm³/mol. The first kappa shape index (κ1) is 17.4. The van der Waals surface area contributed by atoms with Crippen molar-refractivity contribution < 1.29 is 9.47 Å². The molecule has 1 aromatic carbocycles. The molecule has 0 spiro atoms. The Balaban J connectivity index is 1.86. The van der Waals surface area contributed by atoms with Crippen molar-refractivity contribution in [2.75, 3.05) is 45.4 Å². The second kappa shape index (κ2) is 8.62. The Hall–Kier alpha value is -1.95. The van der Waals surface area contributed by atoms with Crippen LogP contribution in [0.2, 0.25) is 0 Å². The summed E-state index contributed by atoms with van der Waals surface area (Å²) in [6.07, 6.45) is 1.11. The van der Waals surface area contributed by atoms with Crippen molar-refractivity contribution in [1.29, 1.82) is 0 Å². The molecule has 1 aliphatic heterocycles. The number of nitrogens with two attached hydrogens (primary N) is 1. The molecule has 1 saturated heterocycles. The maximum absolute atomic E-state index is 5.92. The number of nitrogens with one attached hydrogen (secondary N) is 1. The number of aliphatic imine (C=N–C) groups is 1. The van der Waals surface area contributed by atoms with Crippen LogP contribution in [0.15, 0.2) is 29.3 Å². The number of hydrogen-bond donors (Lipinski definition) is 2. The Bertz CT molecular complexity index is 521. The smallest absolute Gasteiger partial charge is 0.188 e. The molecule has 0 unspecified atom stereocenters. The Morgan fingerprint density at radius 1 is 1.43 bits per heavy atom. The zero-order valence-corrected chi connectivity index (χ0v) is 14.3. The molecule has 128 valence electrons. The zero-order chi connectivity index (χ0) is 16.7. The first-order valence-electron chi connectivity index (χ1n) is 8.07. The molecular formula is C17H28N4O2. The number of methoxy groups -OCH3 is 2. The normalized spacial score (nSPS) is 19.7. The van der Waals surface area contributed by atoms with Gasteiger partial charge in [-0.3, -0.25) is 4.99 Å². The third-order valence-corrected chi connectivity index (χ3v) is 4.04. The second-order valence-electron chi connectivity index (χ2n) is 6.00. The molecule has 1 fully saturated rings. The van der Waals surface area contributed by atoms with Crippen molar-refractivity contribution >= 4 is 11.6 Å². The molecule has 6 heteroatoms. The summed E-state index contributed by atoms with van der Waals surface area (Å²) < 4.78 is 10.5. The van der Waals surface area contributed by atoms with Crippen LogP contribution < -0.4 is 20.7 Å². The molecule has 0 radical (unpaired) electrons. The third kappa shape index (κ3) is 5.03. The summed E-state index contributed by atoms with van der Waals surface area (Å²) in [5.74, 6) is 1.93. The lowest BCUT2D eigenvalue weighted by molar-refractivity contribution is 0.179. The maximum atomic E-state index is 5.92. The number of nitrogens with zero attached hydrogens (tertiary/aromatic N) is 2. The highest BCUT2D eigenvalue weighted by atomic mass is 16.5. The fourth-order valence-electron chi connectivity index (χ4n) is 2.91. The van der Waals surface area contributed by atoms with Crippen LogP contribution in [0.25, 0.3) is 0 Å². The van der Waals surface area contributed by atoms with Crippen molar-refractivity contribution in [1.82, 2.24) is 5.32 Å². The summed E-state index contributed by atoms with van der Waals surface area (Å²) >= 11 is 0. The summed E-state index contributed by atoms with van der Waals surface area (Å²) in [4.78, 5) is 6.83. The fraction of sp³-hybridized carbons (Fsp3) is 0.588. The highest BCUT2D eigenvalue weighted by Gasteiger charge is 2.24. The topological polar surface area (TPSA) is 72.1 Å². The summed E-state index contributed by atoms with van der Waals surface area (Å²) in [7, 11) is 3.39. The molecule has 0 saturated carbocycles. The number of guanidine groups is 1. The van der Waals surface area contributed by atoms with E-state index in [1.807, 2.05) is 25.1 Å². The van der Waals surface area contributed by atoms with Gasteiger partial charge in [-0.1, -0.05) is 12.1 Å². The minimum Gasteiger partial charge on any atom is -0.495 e. The first-order chi connectivity index (χ1) is 11.1. The van der Waals surface area contributed by atoms with Crippen LogP contribution in [0.4, 0.5) is 5.69 Å². The largest absolute Gasteiger partial charge is 0.495 e. The zero-order valence-electron chi connectivity index (χ0n) is 14.3. The van der Waals surface area contributed by atoms with Crippen molar-refractivity contribution in [2.24, 2.45) is 16.6 Å². The summed E-state index contributed by atoms with van der Waals surface area (Å²) in [6.45, 7) is 5.37. The molecule has 0 aromatic heterocycles. The van der Waals surface area contributed by atoms with Crippen molar-refractivity contribution in [3.63, 3.8) is 0 Å². The fourth-order valence-corrected chi connectivity index (χ4v) is 2.91. The monoisotopic (exact) mass is 320 g/mol. The van der Waals surface area contributed by atoms with E-state index in [0.717, 1.165) is 37.5 Å². The lowest BCUT2D eigenvalue weighted by atomic mass is 10.1. The Morgan fingerprint density at radius 3 is 2.96 bits per heavy atom. The molecule has 2 rings (SSSR count). The number of hydrogen-bond acceptors (Lipinski definition) is 4. The average Bonchev–Trinajstić information content (AvgIpc) is 3.02. The third-order valence-electron chi connectivity index (χ3n) is 4.04. The van der Waals surface area contributed by atoms with Gasteiger partial charge in [0.2, 0.25) is 0 Å². The summed E-state index contributed by atoms with van der Waals surface area (Å²) in [5.41, 5.74) is 7.08. The molecule has 6 nitrogen and oxygen atoms in total. The minimum atomic E-state index is 0.164. The lowest BCUT2D eigenvalue weighted by Crippen LogP contribution is -2.41. The van der Waals surface area contributed by atoms with Gasteiger partial charge < -0.3 is 25.4 Å². The van der Waals surface area contributed by atoms with Gasteiger partial charge in [-0.05, 0) is 31.4 Å². The average molecular weight is 320 g/mol. The van der Waals surface area contributed by atoms with Gasteiger partial charge in [0.1, 0.15) is 5.75 Å². The molecule has 23 heavy (non-hydrogen) atoms. The van der Waals surface area contributed by atoms with Crippen LogP contribution in [0.3, 0.4) is 0 Å². The van der Waals surface area contributed by atoms with Gasteiger partial charge in [-0.25, -0.2) is 0 Å². The number of anilines is 1. The van der Waals surface area contributed by atoms with E-state index in [9.17, 15) is 0 Å². The number of benzene rings is 1. The molecule has 1 aromatic rings. The predicted octanol–water partition coefficient (Wildman–Crippen LogP) is 1.46. The van der Waals surface area contributed by atoms with E-state index >= 15 is 0 Å². The Labute approximate surface area is 138 Å². The molecule has 0 aliphatic carbocycles. The standard InChI is InChI=1S/C17H28N4O2/c1-13(12-22-2)20-17(18)19-10-14-8-9-21(11-14)15-6-4-5-7-16(15)23-3/h4-7,13-14H,8-12H2,1-3H3,(H3,18,19,20)/t13-,14-/m1/s1. The number of rotatable bonds is 7. The number of para-hydroxylation sites is 2. The van der Waals surface area contributed by atoms with Gasteiger partial charge in [0.15, 0.2) is 5.96 Å². The van der Waals surface area contributed by atoms with Crippen LogP contribution in [0.1, 0.15) is 13.3 Å². The molecule has 2 atom stereocenters. The van der Waals surface area contributed by atoms with Gasteiger partial charge in [0.25, 0.3) is 0 Å². The van der Waals surface area contributed by atoms with E-state index in [1.165, 1.54) is 0 Å². The highest BCUT2D eigenvalue weighted by molar-refractivity contribution is 5.78. The quantitative estimate of drug-likeness (QED) is 0.588. The molecule has 0 bridgehead atoms. The highest BCUT2D eigenvalue weighted by Crippen LogP contribution is 2.31. The summed E-state index contributed by atoms with van der Waals surface area (Å²) in [6, 6.07) is 8.31. The van der Waals surface area contributed by atoms with E-state index in [-0.39, 0.29) is 6.04 Å². The first-order valence-corrected chi connectivity index (χ1v) is 8.07. The molecule has 3 N–H and O–H groups in total. The van der Waals surface area contributed by atoms with Crippen LogP contribution in [0, 0.1) is 5.92 Å². The Morgan fingerprint density at radius 2 is 2.22 bits per heavy atom. The van der Waals surface area contributed by atoms with E-state index in [4.69, 9.17) is 15.2 Å². The van der Waals surface area contributed by atoms with Crippen LogP contribution >= 0.6 is 0 Å². The van der Waals surface area contributed by atoms with Gasteiger partial charge in [0.05, 0.1) is 19.4 Å². The van der Waals surface area contributed by atoms with Crippen molar-refractivity contribution in [3.05, 3.63) is 24.3 Å². The van der Waals surface area contributed by atoms with Crippen LogP contribution in [-0.4, -0.2) is 52.5 Å². The van der Waals surface area contributed by atoms with Crippen molar-refractivity contribution in [2.45, 2.75) is 19.4 Å². The molecule has 0 amide bonds. The molecular weight excluding hydrogens is 292 g/mol. The van der Waals surface area contributed by atoms with Gasteiger partial charge >= 0.3 is 0 Å². The lowest BCUT2D eigenvalue weighted by Gasteiger charge is -2.21. The second-order valence-corrected chi connectivity index (χ2v) is 6.00. The molecule has 1 heterocycles. The van der Waals surface area contributed by atoms with Gasteiger partial charge in [-0.2, -0.15) is 0 Å². The van der Waals surface area contributed by atoms with E-state index in [2.05, 4.69) is 21.3 Å². The van der Waals surface area contributed by atoms with Crippen LogP contribution in [0.5, 0.6) is 5.75 Å². The maximum Gasteiger partial charge on any atom is 0.188 e. The van der Waals surface area contributed by atoms with E-state index in [1.54, 1.807) is 14.2 Å². The number of ether oxygens (including phenoxy) is 2. The van der Waals surface area contributed by atoms with Gasteiger partial charge in [0, 0.05) is 32.8 Å². The van der Waals surface area contributed by atoms with E-state index < -0.39 is 0 Å². The molecule has 1 aliphatic rings. The van der Waals surface area contributed by atoms with E-state index in [0.29, 0.717) is 18.5 Å². The summed E-state index contributed by atoms with van der Waals surface area (Å²) in [5, 5.41) is 3.14. The Kier molecular flexibility index (Phi) is 6.52.